The van der Waals surface area contributed by atoms with Crippen molar-refractivity contribution in [3.8, 4) is 0 Å². The maximum Gasteiger partial charge on any atom is 0.144 e. The highest BCUT2D eigenvalue weighted by Gasteiger charge is 2.05. The molecule has 0 aliphatic heterocycles. The summed E-state index contributed by atoms with van der Waals surface area (Å²) >= 11 is 3.52. The summed E-state index contributed by atoms with van der Waals surface area (Å²) in [6, 6.07) is 8.10. The molecular formula is C15H19BrN4. The Morgan fingerprint density at radius 3 is 2.85 bits per heavy atom. The van der Waals surface area contributed by atoms with Crippen molar-refractivity contribution in [2.24, 2.45) is 0 Å². The fourth-order valence-electron chi connectivity index (χ4n) is 2.03. The minimum Gasteiger partial charge on any atom is -0.384 e. The second kappa shape index (κ2) is 6.81. The van der Waals surface area contributed by atoms with E-state index in [-0.39, 0.29) is 0 Å². The first-order valence-electron chi connectivity index (χ1n) is 6.55. The van der Waals surface area contributed by atoms with Gasteiger partial charge < -0.3 is 5.73 Å². The largest absolute Gasteiger partial charge is 0.384 e. The van der Waals surface area contributed by atoms with E-state index >= 15 is 0 Å². The van der Waals surface area contributed by atoms with E-state index in [4.69, 9.17) is 5.73 Å². The number of aryl methyl sites for hydroxylation is 1. The smallest absolute Gasteiger partial charge is 0.144 e. The molecule has 1 aromatic carbocycles. The van der Waals surface area contributed by atoms with Gasteiger partial charge in [-0.3, -0.25) is 4.90 Å². The van der Waals surface area contributed by atoms with Gasteiger partial charge in [-0.15, -0.1) is 0 Å². The van der Waals surface area contributed by atoms with Gasteiger partial charge in [-0.2, -0.15) is 0 Å². The van der Waals surface area contributed by atoms with Crippen LogP contribution >= 0.6 is 15.9 Å². The first kappa shape index (κ1) is 14.9. The van der Waals surface area contributed by atoms with E-state index in [1.807, 2.05) is 0 Å². The van der Waals surface area contributed by atoms with E-state index in [0.29, 0.717) is 12.4 Å². The Balaban J connectivity index is 1.92. The van der Waals surface area contributed by atoms with Crippen LogP contribution in [0.25, 0.3) is 0 Å². The van der Waals surface area contributed by atoms with Crippen LogP contribution in [0, 0.1) is 6.92 Å². The standard InChI is InChI=1S/C15H19BrN4/c1-11-3-4-13(16)9-12(11)6-8-20(2)10-15-18-7-5-14(17)19-15/h3-5,7,9H,6,8,10H2,1-2H3,(H2,17,18,19). The van der Waals surface area contributed by atoms with Crippen molar-refractivity contribution in [1.29, 1.82) is 0 Å². The summed E-state index contributed by atoms with van der Waals surface area (Å²) in [5, 5.41) is 0. The molecule has 0 amide bonds. The van der Waals surface area contributed by atoms with Gasteiger partial charge in [0, 0.05) is 17.2 Å². The van der Waals surface area contributed by atoms with Crippen molar-refractivity contribution in [3.63, 3.8) is 0 Å². The molecular weight excluding hydrogens is 316 g/mol. The Labute approximate surface area is 128 Å². The highest BCUT2D eigenvalue weighted by atomic mass is 79.9. The molecule has 0 aliphatic carbocycles. The second-order valence-corrected chi connectivity index (χ2v) is 5.87. The van der Waals surface area contributed by atoms with Gasteiger partial charge in [-0.05, 0) is 49.7 Å². The average molecular weight is 335 g/mol. The molecule has 0 atom stereocenters. The average Bonchev–Trinajstić information content (AvgIpc) is 2.40. The quantitative estimate of drug-likeness (QED) is 0.913. The Morgan fingerprint density at radius 1 is 1.30 bits per heavy atom. The highest BCUT2D eigenvalue weighted by molar-refractivity contribution is 9.10. The number of anilines is 1. The van der Waals surface area contributed by atoms with Gasteiger partial charge in [0.05, 0.1) is 6.54 Å². The van der Waals surface area contributed by atoms with Crippen LogP contribution in [0.5, 0.6) is 0 Å². The molecule has 0 saturated carbocycles. The Hall–Kier alpha value is -1.46. The summed E-state index contributed by atoms with van der Waals surface area (Å²) in [4.78, 5) is 10.6. The molecule has 1 heterocycles. The van der Waals surface area contributed by atoms with Crippen LogP contribution in [0.4, 0.5) is 5.82 Å². The van der Waals surface area contributed by atoms with E-state index in [0.717, 1.165) is 23.3 Å². The monoisotopic (exact) mass is 334 g/mol. The Kier molecular flexibility index (Phi) is 5.09. The fourth-order valence-corrected chi connectivity index (χ4v) is 2.44. The number of halogens is 1. The molecule has 2 N–H and O–H groups in total. The normalized spacial score (nSPS) is 11.0. The SMILES string of the molecule is Cc1ccc(Br)cc1CCN(C)Cc1nccc(N)n1. The lowest BCUT2D eigenvalue weighted by atomic mass is 10.1. The summed E-state index contributed by atoms with van der Waals surface area (Å²) in [6.07, 6.45) is 2.70. The van der Waals surface area contributed by atoms with Crippen molar-refractivity contribution in [2.75, 3.05) is 19.3 Å². The van der Waals surface area contributed by atoms with Crippen LogP contribution in [-0.2, 0) is 13.0 Å². The maximum atomic E-state index is 5.66. The van der Waals surface area contributed by atoms with E-state index in [1.165, 1.54) is 11.1 Å². The molecule has 0 unspecified atom stereocenters. The predicted octanol–water partition coefficient (Wildman–Crippen LogP) is 2.80. The van der Waals surface area contributed by atoms with Crippen molar-refractivity contribution in [1.82, 2.24) is 14.9 Å². The zero-order valence-corrected chi connectivity index (χ0v) is 13.4. The summed E-state index contributed by atoms with van der Waals surface area (Å²) in [5.74, 6) is 1.28. The Bertz CT molecular complexity index is 586. The molecule has 20 heavy (non-hydrogen) atoms. The molecule has 106 valence electrons. The lowest BCUT2D eigenvalue weighted by Crippen LogP contribution is -2.22. The molecule has 0 spiro atoms. The number of benzene rings is 1. The van der Waals surface area contributed by atoms with Crippen LogP contribution in [0.2, 0.25) is 0 Å². The maximum absolute atomic E-state index is 5.66. The van der Waals surface area contributed by atoms with E-state index in [1.54, 1.807) is 12.3 Å². The zero-order chi connectivity index (χ0) is 14.5. The first-order valence-corrected chi connectivity index (χ1v) is 7.35. The van der Waals surface area contributed by atoms with Crippen molar-refractivity contribution < 1.29 is 0 Å². The number of nitrogen functional groups attached to an aromatic ring is 1. The molecule has 0 fully saturated rings. The topological polar surface area (TPSA) is 55.0 Å². The predicted molar refractivity (Wildman–Crippen MR) is 85.4 cm³/mol. The molecule has 2 aromatic rings. The van der Waals surface area contributed by atoms with Crippen LogP contribution in [0.3, 0.4) is 0 Å². The highest BCUT2D eigenvalue weighted by Crippen LogP contribution is 2.16. The van der Waals surface area contributed by atoms with Gasteiger partial charge in [0.25, 0.3) is 0 Å². The van der Waals surface area contributed by atoms with Crippen LogP contribution < -0.4 is 5.73 Å². The summed E-state index contributed by atoms with van der Waals surface area (Å²) in [5.41, 5.74) is 8.34. The fraction of sp³-hybridized carbons (Fsp3) is 0.333. The zero-order valence-electron chi connectivity index (χ0n) is 11.8. The summed E-state index contributed by atoms with van der Waals surface area (Å²) < 4.78 is 1.12. The van der Waals surface area contributed by atoms with Crippen molar-refractivity contribution >= 4 is 21.7 Å². The van der Waals surface area contributed by atoms with E-state index in [2.05, 4.69) is 63.0 Å². The number of likely N-dealkylation sites (N-methyl/N-ethyl adjacent to an activating group) is 1. The van der Waals surface area contributed by atoms with Gasteiger partial charge in [0.15, 0.2) is 0 Å². The molecule has 5 heteroatoms. The van der Waals surface area contributed by atoms with Crippen LogP contribution in [-0.4, -0.2) is 28.5 Å². The summed E-state index contributed by atoms with van der Waals surface area (Å²) in [7, 11) is 2.07. The number of nitrogens with two attached hydrogens (primary N) is 1. The summed E-state index contributed by atoms with van der Waals surface area (Å²) in [6.45, 7) is 3.80. The van der Waals surface area contributed by atoms with Gasteiger partial charge >= 0.3 is 0 Å². The third-order valence-electron chi connectivity index (χ3n) is 3.21. The number of nitrogens with zero attached hydrogens (tertiary/aromatic N) is 3. The molecule has 0 bridgehead atoms. The number of hydrogen-bond acceptors (Lipinski definition) is 4. The van der Waals surface area contributed by atoms with E-state index in [9.17, 15) is 0 Å². The van der Waals surface area contributed by atoms with E-state index < -0.39 is 0 Å². The van der Waals surface area contributed by atoms with Crippen molar-refractivity contribution in [2.45, 2.75) is 19.9 Å². The molecule has 0 saturated heterocycles. The lowest BCUT2D eigenvalue weighted by molar-refractivity contribution is 0.322. The number of aromatic nitrogens is 2. The molecule has 0 aliphatic rings. The molecule has 0 radical (unpaired) electrons. The molecule has 1 aromatic heterocycles. The number of rotatable bonds is 5. The molecule has 4 nitrogen and oxygen atoms in total. The Morgan fingerprint density at radius 2 is 2.10 bits per heavy atom. The first-order chi connectivity index (χ1) is 9.54. The minimum atomic E-state index is 0.520. The van der Waals surface area contributed by atoms with Gasteiger partial charge in [-0.25, -0.2) is 9.97 Å². The molecule has 2 rings (SSSR count). The third kappa shape index (κ3) is 4.28. The second-order valence-electron chi connectivity index (χ2n) is 4.96. The van der Waals surface area contributed by atoms with Gasteiger partial charge in [0.2, 0.25) is 0 Å². The van der Waals surface area contributed by atoms with Gasteiger partial charge in [-0.1, -0.05) is 22.0 Å². The van der Waals surface area contributed by atoms with Crippen molar-refractivity contribution in [3.05, 3.63) is 51.9 Å². The minimum absolute atomic E-state index is 0.520. The van der Waals surface area contributed by atoms with Crippen LogP contribution in [0.1, 0.15) is 17.0 Å². The van der Waals surface area contributed by atoms with Crippen LogP contribution in [0.15, 0.2) is 34.9 Å². The van der Waals surface area contributed by atoms with Gasteiger partial charge in [0.1, 0.15) is 11.6 Å². The number of hydrogen-bond donors (Lipinski definition) is 1. The third-order valence-corrected chi connectivity index (χ3v) is 3.71. The lowest BCUT2D eigenvalue weighted by Gasteiger charge is -2.16.